The Kier molecular flexibility index (Phi) is 4.87. The lowest BCUT2D eigenvalue weighted by atomic mass is 9.86. The highest BCUT2D eigenvalue weighted by Gasteiger charge is 2.64. The molecular formula is C16H17F4NO3. The Bertz CT molecular complexity index is 646. The van der Waals surface area contributed by atoms with Crippen molar-refractivity contribution in [1.29, 1.82) is 0 Å². The van der Waals surface area contributed by atoms with Gasteiger partial charge in [-0.25, -0.2) is 4.39 Å². The smallest absolute Gasteiger partial charge is 0.406 e. The Morgan fingerprint density at radius 1 is 1.33 bits per heavy atom. The molecule has 2 unspecified atom stereocenters. The summed E-state index contributed by atoms with van der Waals surface area (Å²) in [7, 11) is 0. The second-order valence-electron chi connectivity index (χ2n) is 6.09. The van der Waals surface area contributed by atoms with Crippen molar-refractivity contribution in [1.82, 2.24) is 4.90 Å². The number of nitrogens with zero attached hydrogens (tertiary/aromatic N) is 1. The summed E-state index contributed by atoms with van der Waals surface area (Å²) in [5, 5.41) is 9.00. The van der Waals surface area contributed by atoms with Gasteiger partial charge in [0, 0.05) is 19.0 Å². The number of carboxylic acid groups (broad SMARTS) is 1. The second-order valence-corrected chi connectivity index (χ2v) is 6.09. The Balaban J connectivity index is 2.11. The first-order valence-corrected chi connectivity index (χ1v) is 7.41. The Hall–Kier alpha value is -2.12. The highest BCUT2D eigenvalue weighted by Crippen LogP contribution is 2.46. The van der Waals surface area contributed by atoms with Gasteiger partial charge in [-0.15, -0.1) is 0 Å². The quantitative estimate of drug-likeness (QED) is 0.852. The van der Waals surface area contributed by atoms with Gasteiger partial charge in [-0.1, -0.05) is 25.1 Å². The summed E-state index contributed by atoms with van der Waals surface area (Å²) < 4.78 is 53.0. The third-order valence-corrected chi connectivity index (χ3v) is 4.44. The summed E-state index contributed by atoms with van der Waals surface area (Å²) in [5.74, 6) is -3.83. The number of carbonyl (C=O) groups is 2. The molecule has 132 valence electrons. The topological polar surface area (TPSA) is 57.6 Å². The number of hydrogen-bond donors (Lipinski definition) is 1. The number of carboxylic acids is 1. The predicted molar refractivity (Wildman–Crippen MR) is 76.6 cm³/mol. The van der Waals surface area contributed by atoms with Crippen molar-refractivity contribution in [2.45, 2.75) is 25.9 Å². The number of halogens is 4. The number of carbonyl (C=O) groups excluding carboxylic acids is 1. The summed E-state index contributed by atoms with van der Waals surface area (Å²) in [6.45, 7) is 0.293. The van der Waals surface area contributed by atoms with Gasteiger partial charge in [0.15, 0.2) is 5.41 Å². The van der Waals surface area contributed by atoms with Crippen molar-refractivity contribution in [3.63, 3.8) is 0 Å². The third-order valence-electron chi connectivity index (χ3n) is 4.44. The van der Waals surface area contributed by atoms with Crippen LogP contribution in [0.2, 0.25) is 0 Å². The van der Waals surface area contributed by atoms with Crippen LogP contribution in [-0.4, -0.2) is 41.1 Å². The summed E-state index contributed by atoms with van der Waals surface area (Å²) in [6, 6.07) is 5.84. The zero-order chi connectivity index (χ0) is 18.1. The standard InChI is InChI=1S/C16H17F4NO3/c1-10(8-11-4-2-3-5-12(11)17)13(22)21-7-6-15(9-21,14(23)24)16(18,19)20/h2-5,10H,6-9H2,1H3,(H,23,24). The molecule has 1 aliphatic heterocycles. The van der Waals surface area contributed by atoms with Crippen LogP contribution in [0.4, 0.5) is 17.6 Å². The van der Waals surface area contributed by atoms with Gasteiger partial charge >= 0.3 is 12.1 Å². The van der Waals surface area contributed by atoms with E-state index in [1.54, 1.807) is 6.07 Å². The van der Waals surface area contributed by atoms with Crippen molar-refractivity contribution >= 4 is 11.9 Å². The van der Waals surface area contributed by atoms with Crippen LogP contribution in [0.5, 0.6) is 0 Å². The second kappa shape index (κ2) is 6.41. The molecule has 4 nitrogen and oxygen atoms in total. The highest BCUT2D eigenvalue weighted by molar-refractivity contribution is 5.82. The van der Waals surface area contributed by atoms with Crippen LogP contribution in [0.1, 0.15) is 18.9 Å². The monoisotopic (exact) mass is 347 g/mol. The Morgan fingerprint density at radius 2 is 1.96 bits per heavy atom. The number of aliphatic carboxylic acids is 1. The van der Waals surface area contributed by atoms with Crippen LogP contribution < -0.4 is 0 Å². The molecule has 24 heavy (non-hydrogen) atoms. The molecule has 2 rings (SSSR count). The lowest BCUT2D eigenvalue weighted by Gasteiger charge is -2.28. The maximum Gasteiger partial charge on any atom is 0.406 e. The van der Waals surface area contributed by atoms with Gasteiger partial charge in [-0.3, -0.25) is 9.59 Å². The van der Waals surface area contributed by atoms with E-state index in [-0.39, 0.29) is 18.5 Å². The number of alkyl halides is 3. The van der Waals surface area contributed by atoms with E-state index in [4.69, 9.17) is 5.11 Å². The van der Waals surface area contributed by atoms with Crippen LogP contribution in [0, 0.1) is 17.2 Å². The zero-order valence-corrected chi connectivity index (χ0v) is 12.9. The fourth-order valence-electron chi connectivity index (χ4n) is 2.92. The van der Waals surface area contributed by atoms with Crippen LogP contribution in [0.15, 0.2) is 24.3 Å². The van der Waals surface area contributed by atoms with E-state index in [0.29, 0.717) is 0 Å². The molecule has 0 aromatic heterocycles. The van der Waals surface area contributed by atoms with Gasteiger partial charge in [-0.05, 0) is 24.5 Å². The number of amides is 1. The van der Waals surface area contributed by atoms with Gasteiger partial charge in [-0.2, -0.15) is 13.2 Å². The van der Waals surface area contributed by atoms with Gasteiger partial charge < -0.3 is 10.0 Å². The molecular weight excluding hydrogens is 330 g/mol. The minimum atomic E-state index is -4.94. The SMILES string of the molecule is CC(Cc1ccccc1F)C(=O)N1CCC(C(=O)O)(C(F)(F)F)C1. The molecule has 1 N–H and O–H groups in total. The third kappa shape index (κ3) is 3.22. The number of benzene rings is 1. The van der Waals surface area contributed by atoms with E-state index >= 15 is 0 Å². The average molecular weight is 347 g/mol. The van der Waals surface area contributed by atoms with E-state index in [0.717, 1.165) is 4.90 Å². The molecule has 0 radical (unpaired) electrons. The molecule has 1 aromatic carbocycles. The van der Waals surface area contributed by atoms with E-state index in [9.17, 15) is 27.2 Å². The Morgan fingerprint density at radius 3 is 2.46 bits per heavy atom. The molecule has 0 bridgehead atoms. The number of likely N-dealkylation sites (tertiary alicyclic amines) is 1. The molecule has 1 aromatic rings. The first kappa shape index (κ1) is 18.2. The summed E-state index contributed by atoms with van der Waals surface area (Å²) in [4.78, 5) is 24.4. The molecule has 0 saturated carbocycles. The summed E-state index contributed by atoms with van der Waals surface area (Å²) in [5.41, 5.74) is -2.64. The first-order valence-electron chi connectivity index (χ1n) is 7.41. The highest BCUT2D eigenvalue weighted by atomic mass is 19.4. The lowest BCUT2D eigenvalue weighted by molar-refractivity contribution is -0.227. The largest absolute Gasteiger partial charge is 0.481 e. The predicted octanol–water partition coefficient (Wildman–Crippen LogP) is 2.87. The van der Waals surface area contributed by atoms with Crippen molar-refractivity contribution in [2.24, 2.45) is 11.3 Å². The molecule has 1 heterocycles. The van der Waals surface area contributed by atoms with E-state index in [1.807, 2.05) is 0 Å². The molecule has 8 heteroatoms. The van der Waals surface area contributed by atoms with E-state index in [2.05, 4.69) is 0 Å². The van der Waals surface area contributed by atoms with E-state index < -0.39 is 48.2 Å². The van der Waals surface area contributed by atoms with Crippen molar-refractivity contribution in [3.8, 4) is 0 Å². The summed E-state index contributed by atoms with van der Waals surface area (Å²) >= 11 is 0. The van der Waals surface area contributed by atoms with Crippen molar-refractivity contribution in [3.05, 3.63) is 35.6 Å². The molecule has 1 saturated heterocycles. The van der Waals surface area contributed by atoms with Crippen LogP contribution in [0.3, 0.4) is 0 Å². The normalized spacial score (nSPS) is 22.5. The minimum Gasteiger partial charge on any atom is -0.481 e. The zero-order valence-electron chi connectivity index (χ0n) is 12.9. The molecule has 2 atom stereocenters. The maximum atomic E-state index is 13.6. The summed E-state index contributed by atoms with van der Waals surface area (Å²) in [6.07, 6.45) is -5.58. The minimum absolute atomic E-state index is 0.0358. The molecule has 0 aliphatic carbocycles. The number of rotatable bonds is 4. The molecule has 1 amide bonds. The average Bonchev–Trinajstić information content (AvgIpc) is 2.95. The van der Waals surface area contributed by atoms with E-state index in [1.165, 1.54) is 25.1 Å². The molecule has 1 aliphatic rings. The van der Waals surface area contributed by atoms with Crippen molar-refractivity contribution in [2.75, 3.05) is 13.1 Å². The number of hydrogen-bond acceptors (Lipinski definition) is 2. The fraction of sp³-hybridized carbons (Fsp3) is 0.500. The van der Waals surface area contributed by atoms with Gasteiger partial charge in [0.05, 0.1) is 0 Å². The lowest BCUT2D eigenvalue weighted by Crippen LogP contribution is -2.48. The fourth-order valence-corrected chi connectivity index (χ4v) is 2.92. The van der Waals surface area contributed by atoms with Gasteiger partial charge in [0.2, 0.25) is 5.91 Å². The van der Waals surface area contributed by atoms with Crippen LogP contribution >= 0.6 is 0 Å². The van der Waals surface area contributed by atoms with Crippen LogP contribution in [0.25, 0.3) is 0 Å². The molecule has 1 fully saturated rings. The van der Waals surface area contributed by atoms with Crippen molar-refractivity contribution < 1.29 is 32.3 Å². The molecule has 0 spiro atoms. The Labute approximate surface area is 136 Å². The maximum absolute atomic E-state index is 13.6. The first-order chi connectivity index (χ1) is 11.1. The van der Waals surface area contributed by atoms with Gasteiger partial charge in [0.1, 0.15) is 5.82 Å². The van der Waals surface area contributed by atoms with Crippen LogP contribution in [-0.2, 0) is 16.0 Å². The van der Waals surface area contributed by atoms with Gasteiger partial charge in [0.25, 0.3) is 0 Å².